The van der Waals surface area contributed by atoms with Crippen molar-refractivity contribution in [3.8, 4) is 0 Å². The maximum Gasteiger partial charge on any atom is 0.242 e. The molecule has 0 radical (unpaired) electrons. The molecule has 0 unspecified atom stereocenters. The van der Waals surface area contributed by atoms with E-state index >= 15 is 0 Å². The minimum absolute atomic E-state index is 0.142. The number of aromatic nitrogens is 2. The fourth-order valence-electron chi connectivity index (χ4n) is 1.59. The summed E-state index contributed by atoms with van der Waals surface area (Å²) >= 11 is 0. The van der Waals surface area contributed by atoms with Crippen LogP contribution in [0, 0.1) is 0 Å². The molecule has 0 aliphatic rings. The molecule has 2 aromatic heterocycles. The van der Waals surface area contributed by atoms with Crippen LogP contribution in [0.5, 0.6) is 0 Å². The van der Waals surface area contributed by atoms with E-state index in [-0.39, 0.29) is 11.4 Å². The Bertz CT molecular complexity index is 642. The van der Waals surface area contributed by atoms with E-state index < -0.39 is 10.0 Å². The number of pyridine rings is 2. The van der Waals surface area contributed by atoms with Gasteiger partial charge in [-0.25, -0.2) is 18.1 Å². The summed E-state index contributed by atoms with van der Waals surface area (Å²) in [6, 6.07) is 6.73. The number of sulfonamides is 1. The zero-order chi connectivity index (χ0) is 14.4. The predicted molar refractivity (Wildman–Crippen MR) is 76.7 cm³/mol. The van der Waals surface area contributed by atoms with E-state index in [0.29, 0.717) is 5.82 Å². The highest BCUT2D eigenvalue weighted by Crippen LogP contribution is 2.11. The highest BCUT2D eigenvalue weighted by Gasteiger charge is 2.14. The molecule has 0 amide bonds. The molecule has 2 N–H and O–H groups in total. The lowest BCUT2D eigenvalue weighted by atomic mass is 10.3. The van der Waals surface area contributed by atoms with Crippen LogP contribution < -0.4 is 10.0 Å². The third kappa shape index (κ3) is 3.75. The summed E-state index contributed by atoms with van der Waals surface area (Å²) in [4.78, 5) is 8.12. The summed E-state index contributed by atoms with van der Waals surface area (Å²) in [6.07, 6.45) is 4.60. The van der Waals surface area contributed by atoms with Crippen LogP contribution in [0.3, 0.4) is 0 Å². The molecule has 6 nitrogen and oxygen atoms in total. The van der Waals surface area contributed by atoms with Crippen LogP contribution in [0.4, 0.5) is 5.82 Å². The minimum atomic E-state index is -3.56. The van der Waals surface area contributed by atoms with Crippen molar-refractivity contribution < 1.29 is 8.42 Å². The van der Waals surface area contributed by atoms with Crippen molar-refractivity contribution in [2.45, 2.75) is 18.4 Å². The molecule has 2 rings (SSSR count). The smallest absolute Gasteiger partial charge is 0.242 e. The summed E-state index contributed by atoms with van der Waals surface area (Å²) < 4.78 is 26.7. The van der Waals surface area contributed by atoms with Gasteiger partial charge in [0.05, 0.1) is 0 Å². The molecular formula is C13H16N4O2S. The zero-order valence-corrected chi connectivity index (χ0v) is 11.9. The van der Waals surface area contributed by atoms with E-state index in [9.17, 15) is 8.42 Å². The standard InChI is InChI=1S/C13H16N4O2S/c1-2-15-13-6-5-12(10-16-13)20(18,19)17-9-11-4-3-7-14-8-11/h3-8,10,17H,2,9H2,1H3,(H,15,16). The van der Waals surface area contributed by atoms with E-state index in [1.807, 2.05) is 13.0 Å². The van der Waals surface area contributed by atoms with Gasteiger partial charge in [-0.3, -0.25) is 4.98 Å². The fraction of sp³-hybridized carbons (Fsp3) is 0.231. The van der Waals surface area contributed by atoms with Crippen LogP contribution in [-0.2, 0) is 16.6 Å². The summed E-state index contributed by atoms with van der Waals surface area (Å²) in [5.41, 5.74) is 0.799. The largest absolute Gasteiger partial charge is 0.370 e. The fourth-order valence-corrected chi connectivity index (χ4v) is 2.55. The van der Waals surface area contributed by atoms with Gasteiger partial charge < -0.3 is 5.32 Å². The Hall–Kier alpha value is -1.99. The van der Waals surface area contributed by atoms with E-state index in [0.717, 1.165) is 12.1 Å². The van der Waals surface area contributed by atoms with Crippen molar-refractivity contribution in [2.24, 2.45) is 0 Å². The molecule has 7 heteroatoms. The molecule has 0 saturated carbocycles. The van der Waals surface area contributed by atoms with Gasteiger partial charge in [0.15, 0.2) is 0 Å². The molecule has 0 fully saturated rings. The van der Waals surface area contributed by atoms with Crippen LogP contribution in [0.2, 0.25) is 0 Å². The van der Waals surface area contributed by atoms with Crippen LogP contribution >= 0.6 is 0 Å². The first-order valence-electron chi connectivity index (χ1n) is 6.20. The Morgan fingerprint density at radius 3 is 2.65 bits per heavy atom. The average Bonchev–Trinajstić information content (AvgIpc) is 2.47. The lowest BCUT2D eigenvalue weighted by molar-refractivity contribution is 0.581. The topological polar surface area (TPSA) is 84.0 Å². The van der Waals surface area contributed by atoms with Gasteiger partial charge in [-0.05, 0) is 30.7 Å². The Morgan fingerprint density at radius 1 is 1.20 bits per heavy atom. The Labute approximate surface area is 118 Å². The van der Waals surface area contributed by atoms with Crippen molar-refractivity contribution in [3.05, 3.63) is 48.4 Å². The monoisotopic (exact) mass is 292 g/mol. The molecule has 2 heterocycles. The SMILES string of the molecule is CCNc1ccc(S(=O)(=O)NCc2cccnc2)cn1. The zero-order valence-electron chi connectivity index (χ0n) is 11.1. The summed E-state index contributed by atoms with van der Waals surface area (Å²) in [6.45, 7) is 2.88. The van der Waals surface area contributed by atoms with Crippen molar-refractivity contribution >= 4 is 15.8 Å². The predicted octanol–water partition coefficient (Wildman–Crippen LogP) is 1.39. The van der Waals surface area contributed by atoms with Gasteiger partial charge in [0.2, 0.25) is 10.0 Å². The van der Waals surface area contributed by atoms with Crippen molar-refractivity contribution in [3.63, 3.8) is 0 Å². The molecule has 0 aliphatic heterocycles. The summed E-state index contributed by atoms with van der Waals surface area (Å²) in [5.74, 6) is 0.652. The van der Waals surface area contributed by atoms with Gasteiger partial charge in [-0.2, -0.15) is 0 Å². The van der Waals surface area contributed by atoms with E-state index in [1.54, 1.807) is 24.5 Å². The number of hydrogen-bond donors (Lipinski definition) is 2. The van der Waals surface area contributed by atoms with E-state index in [4.69, 9.17) is 0 Å². The van der Waals surface area contributed by atoms with Crippen molar-refractivity contribution in [2.75, 3.05) is 11.9 Å². The second kappa shape index (κ2) is 6.44. The first-order valence-corrected chi connectivity index (χ1v) is 7.68. The average molecular weight is 292 g/mol. The second-order valence-corrected chi connectivity index (χ2v) is 5.86. The summed E-state index contributed by atoms with van der Waals surface area (Å²) in [7, 11) is -3.56. The van der Waals surface area contributed by atoms with E-state index in [1.165, 1.54) is 12.3 Å². The lowest BCUT2D eigenvalue weighted by Gasteiger charge is -2.07. The summed E-state index contributed by atoms with van der Waals surface area (Å²) in [5, 5.41) is 3.01. The van der Waals surface area contributed by atoms with Crippen LogP contribution in [-0.4, -0.2) is 24.9 Å². The van der Waals surface area contributed by atoms with Gasteiger partial charge >= 0.3 is 0 Å². The maximum absolute atomic E-state index is 12.1. The van der Waals surface area contributed by atoms with Gasteiger partial charge in [0.25, 0.3) is 0 Å². The molecule has 106 valence electrons. The van der Waals surface area contributed by atoms with Gasteiger partial charge in [0, 0.05) is 31.7 Å². The normalized spacial score (nSPS) is 11.2. The number of nitrogens with one attached hydrogen (secondary N) is 2. The molecule has 0 atom stereocenters. The van der Waals surface area contributed by atoms with Gasteiger partial charge in [-0.15, -0.1) is 0 Å². The second-order valence-electron chi connectivity index (χ2n) is 4.10. The van der Waals surface area contributed by atoms with Crippen molar-refractivity contribution in [1.29, 1.82) is 0 Å². The first-order chi connectivity index (χ1) is 9.62. The Kier molecular flexibility index (Phi) is 4.65. The molecule has 0 aromatic carbocycles. The number of hydrogen-bond acceptors (Lipinski definition) is 5. The third-order valence-corrected chi connectivity index (χ3v) is 3.98. The van der Waals surface area contributed by atoms with Crippen LogP contribution in [0.1, 0.15) is 12.5 Å². The highest BCUT2D eigenvalue weighted by molar-refractivity contribution is 7.89. The maximum atomic E-state index is 12.1. The number of nitrogens with zero attached hydrogens (tertiary/aromatic N) is 2. The molecule has 20 heavy (non-hydrogen) atoms. The molecule has 0 aliphatic carbocycles. The molecule has 0 spiro atoms. The quantitative estimate of drug-likeness (QED) is 0.840. The highest BCUT2D eigenvalue weighted by atomic mass is 32.2. The number of rotatable bonds is 6. The molecule has 2 aromatic rings. The Morgan fingerprint density at radius 2 is 2.05 bits per heavy atom. The molecule has 0 saturated heterocycles. The Balaban J connectivity index is 2.06. The first kappa shape index (κ1) is 14.4. The van der Waals surface area contributed by atoms with Crippen molar-refractivity contribution in [1.82, 2.24) is 14.7 Å². The molecular weight excluding hydrogens is 276 g/mol. The van der Waals surface area contributed by atoms with Crippen LogP contribution in [0.15, 0.2) is 47.8 Å². The van der Waals surface area contributed by atoms with Gasteiger partial charge in [-0.1, -0.05) is 6.07 Å². The molecule has 0 bridgehead atoms. The third-order valence-electron chi connectivity index (χ3n) is 2.59. The van der Waals surface area contributed by atoms with Crippen LogP contribution in [0.25, 0.3) is 0 Å². The van der Waals surface area contributed by atoms with Gasteiger partial charge in [0.1, 0.15) is 10.7 Å². The number of anilines is 1. The van der Waals surface area contributed by atoms with E-state index in [2.05, 4.69) is 20.0 Å². The minimum Gasteiger partial charge on any atom is -0.370 e. The lowest BCUT2D eigenvalue weighted by Crippen LogP contribution is -2.23.